The molecular weight excluding hydrogens is 550 g/mol. The van der Waals surface area contributed by atoms with E-state index in [2.05, 4.69) is 154 Å². The molecule has 4 aromatic carbocycles. The first-order valence-electron chi connectivity index (χ1n) is 14.1. The van der Waals surface area contributed by atoms with Gasteiger partial charge in [-0.05, 0) is 76.6 Å². The molecule has 8 rings (SSSR count). The van der Waals surface area contributed by atoms with E-state index in [-0.39, 0.29) is 5.92 Å². The van der Waals surface area contributed by atoms with Crippen LogP contribution in [0, 0.1) is 5.92 Å². The molecule has 0 fully saturated rings. The van der Waals surface area contributed by atoms with Crippen molar-refractivity contribution < 1.29 is 0 Å². The molecule has 1 heterocycles. The van der Waals surface area contributed by atoms with Crippen molar-refractivity contribution in [3.8, 4) is 5.69 Å². The summed E-state index contributed by atoms with van der Waals surface area (Å²) in [6, 6.07) is 35.9. The highest BCUT2D eigenvalue weighted by molar-refractivity contribution is 9.10. The van der Waals surface area contributed by atoms with Crippen LogP contribution in [0.15, 0.2) is 137 Å². The lowest BCUT2D eigenvalue weighted by molar-refractivity contribution is 0.648. The summed E-state index contributed by atoms with van der Waals surface area (Å²) in [5.41, 5.74) is 13.4. The second kappa shape index (κ2) is 9.50. The normalized spacial score (nSPS) is 19.0. The largest absolute Gasteiger partial charge is 0.313 e. The van der Waals surface area contributed by atoms with Crippen molar-refractivity contribution >= 4 is 38.5 Å². The van der Waals surface area contributed by atoms with Crippen LogP contribution >= 0.6 is 15.9 Å². The molecule has 1 nitrogen and oxygen atoms in total. The van der Waals surface area contributed by atoms with Crippen molar-refractivity contribution in [3.05, 3.63) is 171 Å². The summed E-state index contributed by atoms with van der Waals surface area (Å²) in [4.78, 5) is 0. The topological polar surface area (TPSA) is 4.93 Å². The molecule has 1 aromatic heterocycles. The SMILES string of the molecule is Brc1ccc2c(c1)c1c(n2-c2ccc(C3c4ccccc4C(c4ccccc4)=C4C=CC=CC43)cc2)CCC=C1. The Morgan fingerprint density at radius 2 is 1.60 bits per heavy atom. The molecule has 0 aliphatic heterocycles. The van der Waals surface area contributed by atoms with Crippen LogP contribution in [-0.4, -0.2) is 4.57 Å². The van der Waals surface area contributed by atoms with Gasteiger partial charge in [-0.1, -0.05) is 119 Å². The first kappa shape index (κ1) is 23.7. The van der Waals surface area contributed by atoms with Gasteiger partial charge in [0.05, 0.1) is 5.52 Å². The first-order chi connectivity index (χ1) is 19.8. The molecule has 192 valence electrons. The molecule has 0 saturated carbocycles. The molecular formula is C38H28BrN. The molecule has 40 heavy (non-hydrogen) atoms. The molecule has 0 N–H and O–H groups in total. The molecule has 2 unspecified atom stereocenters. The van der Waals surface area contributed by atoms with Crippen molar-refractivity contribution in [2.75, 3.05) is 0 Å². The van der Waals surface area contributed by atoms with E-state index in [0.717, 1.165) is 17.3 Å². The number of hydrogen-bond donors (Lipinski definition) is 0. The van der Waals surface area contributed by atoms with Crippen LogP contribution in [0.1, 0.15) is 45.8 Å². The second-order valence-corrected chi connectivity index (χ2v) is 11.8. The zero-order valence-corrected chi connectivity index (χ0v) is 23.7. The first-order valence-corrected chi connectivity index (χ1v) is 14.9. The number of aromatic nitrogens is 1. The van der Waals surface area contributed by atoms with Gasteiger partial charge in [-0.15, -0.1) is 0 Å². The van der Waals surface area contributed by atoms with Gasteiger partial charge in [-0.3, -0.25) is 0 Å². The third-order valence-corrected chi connectivity index (χ3v) is 9.25. The van der Waals surface area contributed by atoms with E-state index >= 15 is 0 Å². The van der Waals surface area contributed by atoms with Gasteiger partial charge in [0.25, 0.3) is 0 Å². The Morgan fingerprint density at radius 1 is 0.775 bits per heavy atom. The Balaban J connectivity index is 1.27. The maximum Gasteiger partial charge on any atom is 0.0538 e. The zero-order chi connectivity index (χ0) is 26.6. The highest BCUT2D eigenvalue weighted by Crippen LogP contribution is 2.50. The van der Waals surface area contributed by atoms with Gasteiger partial charge in [0, 0.05) is 38.6 Å². The predicted octanol–water partition coefficient (Wildman–Crippen LogP) is 10.0. The lowest BCUT2D eigenvalue weighted by Gasteiger charge is -2.37. The maximum atomic E-state index is 3.69. The van der Waals surface area contributed by atoms with Crippen molar-refractivity contribution in [1.82, 2.24) is 4.57 Å². The summed E-state index contributed by atoms with van der Waals surface area (Å²) in [6.45, 7) is 0. The number of fused-ring (bicyclic) bond motifs is 5. The predicted molar refractivity (Wildman–Crippen MR) is 171 cm³/mol. The molecule has 3 aliphatic rings. The van der Waals surface area contributed by atoms with E-state index in [1.807, 2.05) is 0 Å². The average molecular weight is 579 g/mol. The van der Waals surface area contributed by atoms with Gasteiger partial charge < -0.3 is 4.57 Å². The number of halogens is 1. The van der Waals surface area contributed by atoms with E-state index in [9.17, 15) is 0 Å². The number of benzene rings is 4. The number of hydrogen-bond acceptors (Lipinski definition) is 0. The molecule has 5 aromatic rings. The summed E-state index contributed by atoms with van der Waals surface area (Å²) in [7, 11) is 0. The molecule has 2 heteroatoms. The van der Waals surface area contributed by atoms with E-state index in [0.29, 0.717) is 5.92 Å². The number of allylic oxidation sites excluding steroid dienone is 6. The second-order valence-electron chi connectivity index (χ2n) is 10.9. The molecule has 0 amide bonds. The van der Waals surface area contributed by atoms with Crippen LogP contribution in [0.5, 0.6) is 0 Å². The fraction of sp³-hybridized carbons (Fsp3) is 0.105. The fourth-order valence-corrected chi connectivity index (χ4v) is 7.44. The van der Waals surface area contributed by atoms with Gasteiger partial charge in [-0.25, -0.2) is 0 Å². The zero-order valence-electron chi connectivity index (χ0n) is 22.1. The van der Waals surface area contributed by atoms with E-state index < -0.39 is 0 Å². The molecule has 0 bridgehead atoms. The maximum absolute atomic E-state index is 3.69. The molecule has 0 saturated heterocycles. The van der Waals surface area contributed by atoms with E-state index in [1.165, 1.54) is 61.2 Å². The lowest BCUT2D eigenvalue weighted by Crippen LogP contribution is -2.22. The van der Waals surface area contributed by atoms with E-state index in [1.54, 1.807) is 0 Å². The minimum atomic E-state index is 0.267. The van der Waals surface area contributed by atoms with Gasteiger partial charge in [-0.2, -0.15) is 0 Å². The van der Waals surface area contributed by atoms with Crippen LogP contribution in [0.4, 0.5) is 0 Å². The van der Waals surface area contributed by atoms with Crippen molar-refractivity contribution in [2.24, 2.45) is 5.92 Å². The summed E-state index contributed by atoms with van der Waals surface area (Å²) >= 11 is 3.69. The molecule has 0 spiro atoms. The highest BCUT2D eigenvalue weighted by Gasteiger charge is 2.35. The smallest absolute Gasteiger partial charge is 0.0538 e. The summed E-state index contributed by atoms with van der Waals surface area (Å²) in [6.07, 6.45) is 15.9. The van der Waals surface area contributed by atoms with Crippen LogP contribution in [0.25, 0.3) is 28.2 Å². The van der Waals surface area contributed by atoms with Crippen LogP contribution in [0.2, 0.25) is 0 Å². The Hall–Kier alpha value is -4.14. The van der Waals surface area contributed by atoms with Gasteiger partial charge in [0.1, 0.15) is 0 Å². The standard InChI is InChI=1S/C38H28BrN/c39-27-20-23-36-34(24-27)29-12-8-9-17-35(29)40(36)28-21-18-26(19-22-28)38-32-15-6-4-13-30(32)37(25-10-2-1-3-11-25)31-14-5-7-16-33(31)38/h1-8,10-16,18-24,32,38H,9,17H2. The Labute approximate surface area is 243 Å². The molecule has 3 aliphatic carbocycles. The Bertz CT molecular complexity index is 1900. The highest BCUT2D eigenvalue weighted by atomic mass is 79.9. The van der Waals surface area contributed by atoms with Crippen LogP contribution in [-0.2, 0) is 6.42 Å². The van der Waals surface area contributed by atoms with Crippen LogP contribution in [0.3, 0.4) is 0 Å². The van der Waals surface area contributed by atoms with Gasteiger partial charge in [0.15, 0.2) is 0 Å². The minimum Gasteiger partial charge on any atom is -0.313 e. The lowest BCUT2D eigenvalue weighted by atomic mass is 9.66. The van der Waals surface area contributed by atoms with Gasteiger partial charge >= 0.3 is 0 Å². The minimum absolute atomic E-state index is 0.267. The van der Waals surface area contributed by atoms with Crippen molar-refractivity contribution in [2.45, 2.75) is 18.8 Å². The monoisotopic (exact) mass is 577 g/mol. The summed E-state index contributed by atoms with van der Waals surface area (Å²) in [5.74, 6) is 0.562. The number of rotatable bonds is 3. The third-order valence-electron chi connectivity index (χ3n) is 8.75. The quantitative estimate of drug-likeness (QED) is 0.201. The van der Waals surface area contributed by atoms with Crippen LogP contribution < -0.4 is 0 Å². The Morgan fingerprint density at radius 3 is 2.48 bits per heavy atom. The summed E-state index contributed by atoms with van der Waals surface area (Å²) in [5, 5.41) is 1.31. The molecule has 0 radical (unpaired) electrons. The molecule has 2 atom stereocenters. The van der Waals surface area contributed by atoms with Crippen molar-refractivity contribution in [1.29, 1.82) is 0 Å². The van der Waals surface area contributed by atoms with Crippen molar-refractivity contribution in [3.63, 3.8) is 0 Å². The van der Waals surface area contributed by atoms with Gasteiger partial charge in [0.2, 0.25) is 0 Å². The van der Waals surface area contributed by atoms with E-state index in [4.69, 9.17) is 0 Å². The average Bonchev–Trinajstić information content (AvgIpc) is 3.34. The number of nitrogens with zero attached hydrogens (tertiary/aromatic N) is 1. The fourth-order valence-electron chi connectivity index (χ4n) is 7.08. The Kier molecular flexibility index (Phi) is 5.63. The third kappa shape index (κ3) is 3.67. The summed E-state index contributed by atoms with van der Waals surface area (Å²) < 4.78 is 3.60.